The molecule has 0 amide bonds. The van der Waals surface area contributed by atoms with Gasteiger partial charge in [-0.15, -0.1) is 11.3 Å². The Kier molecular flexibility index (Phi) is 12.1. The second kappa shape index (κ2) is 24.3. The summed E-state index contributed by atoms with van der Waals surface area (Å²) in [5.41, 5.74) is 25.9. The number of hydrogen-bond acceptors (Lipinski definition) is 7. The molecular formula is C103H63N5O2S2. The van der Waals surface area contributed by atoms with Crippen molar-refractivity contribution in [3.8, 4) is 129 Å². The van der Waals surface area contributed by atoms with Crippen LogP contribution in [0.25, 0.3) is 160 Å². The first-order valence-corrected chi connectivity index (χ1v) is 39.6. The van der Waals surface area contributed by atoms with Crippen molar-refractivity contribution < 1.29 is 20.8 Å². The smallest absolute Gasteiger partial charge is 0.207 e. The molecule has 112 heavy (non-hydrogen) atoms. The van der Waals surface area contributed by atoms with Crippen LogP contribution in [0.15, 0.2) is 374 Å². The molecule has 16 aromatic carbocycles. The average molecular weight is 1480 g/mol. The summed E-state index contributed by atoms with van der Waals surface area (Å²) >= 11 is 1.78. The molecule has 2 spiro atoms. The summed E-state index contributed by atoms with van der Waals surface area (Å²) in [7, 11) is -3.70. The van der Waals surface area contributed by atoms with Gasteiger partial charge in [-0.05, 0) is 185 Å². The number of fused-ring (bicyclic) bond motifs is 33. The van der Waals surface area contributed by atoms with E-state index in [0.717, 1.165) is 145 Å². The fourth-order valence-corrected chi connectivity index (χ4v) is 21.8. The van der Waals surface area contributed by atoms with Gasteiger partial charge in [0.15, 0.2) is 17.5 Å². The Morgan fingerprint density at radius 2 is 0.821 bits per heavy atom. The molecule has 0 N–H and O–H groups in total. The molecule has 5 aliphatic rings. The van der Waals surface area contributed by atoms with Gasteiger partial charge in [0, 0.05) is 59.2 Å². The number of thiophene rings is 1. The first-order valence-electron chi connectivity index (χ1n) is 41.8. The van der Waals surface area contributed by atoms with Crippen molar-refractivity contribution in [1.29, 1.82) is 0 Å². The molecule has 4 heterocycles. The minimum absolute atomic E-state index is 0.0642. The minimum atomic E-state index is -3.70. The van der Waals surface area contributed by atoms with Crippen molar-refractivity contribution in [2.24, 2.45) is 0 Å². The molecule has 0 bridgehead atoms. The topological polar surface area (TPSA) is 90.6 Å². The second-order valence-electron chi connectivity index (χ2n) is 29.0. The zero-order chi connectivity index (χ0) is 82.0. The lowest BCUT2D eigenvalue weighted by atomic mass is 9.65. The van der Waals surface area contributed by atoms with Gasteiger partial charge in [-0.25, -0.2) is 28.4 Å². The van der Waals surface area contributed by atoms with Gasteiger partial charge in [0.05, 0.1) is 44.0 Å². The molecule has 1 aliphatic heterocycles. The summed E-state index contributed by atoms with van der Waals surface area (Å²) in [6, 6.07) is 104. The molecule has 2 atom stereocenters. The summed E-state index contributed by atoms with van der Waals surface area (Å²) < 4.78 is 111. The van der Waals surface area contributed by atoms with Crippen LogP contribution in [-0.2, 0) is 20.7 Å². The number of para-hydroxylation sites is 3. The van der Waals surface area contributed by atoms with Crippen LogP contribution in [0, 0.1) is 6.92 Å². The highest BCUT2D eigenvalue weighted by atomic mass is 32.2. The van der Waals surface area contributed by atoms with E-state index in [1.165, 1.54) is 32.7 Å². The predicted octanol–water partition coefficient (Wildman–Crippen LogP) is 25.1. The maximum atomic E-state index is 14.2. The molecule has 19 aromatic rings. The number of hydrogen-bond donors (Lipinski definition) is 0. The standard InChI is InChI=1S/C53H33N3S.C50H30N2O2S/c1-32-14-13-17-34(30-32)51-54-50(33-15-3-2-4-16-33)55-52(56-51)35-26-27-39-37-19-6-5-18-36(37)38-20-7-10-23-42(38)53(45(39)31-35)43-24-11-8-21-40(43)48-44(53)28-29-47-49(48)41-22-9-12-25-46(41)57-47;53-55(54)45-25-13-8-20-38(45)48-46(55)29-28-41-47(48)37-19-7-10-22-40(37)50(41)39-21-9-6-18-35(39)33-16-4-5-17-34(33)36-27-26-31(30-42(36)50)49-51-43-23-11-12-24-44(43)52(49)32-14-2-1-3-15-32/h2-31H,1H3;1-30H/i2D,3D,4D,13D,14D,15D,16D,17D,30D;. The number of nitrogens with zero attached hydrogens (tertiary/aromatic N) is 5. The summed E-state index contributed by atoms with van der Waals surface area (Å²) in [6.07, 6.45) is 0. The van der Waals surface area contributed by atoms with E-state index in [0.29, 0.717) is 15.4 Å². The third-order valence-corrected chi connectivity index (χ3v) is 26.4. The Bertz CT molecular complexity index is 7840. The highest BCUT2D eigenvalue weighted by Crippen LogP contribution is 2.67. The zero-order valence-electron chi connectivity index (χ0n) is 68.8. The number of rotatable bonds is 5. The van der Waals surface area contributed by atoms with Gasteiger partial charge in [0.25, 0.3) is 0 Å². The van der Waals surface area contributed by atoms with E-state index in [4.69, 9.17) is 27.3 Å². The third-order valence-electron chi connectivity index (χ3n) is 23.4. The van der Waals surface area contributed by atoms with Gasteiger partial charge in [0.2, 0.25) is 9.84 Å². The van der Waals surface area contributed by atoms with Crippen molar-refractivity contribution in [1.82, 2.24) is 24.5 Å². The van der Waals surface area contributed by atoms with Crippen LogP contribution in [0.5, 0.6) is 0 Å². The Balaban J connectivity index is 0.000000143. The normalized spacial score (nSPS) is 16.7. The van der Waals surface area contributed by atoms with Crippen molar-refractivity contribution >= 4 is 52.4 Å². The summed E-state index contributed by atoms with van der Waals surface area (Å²) in [5, 5.41) is 2.38. The largest absolute Gasteiger partial charge is 0.292 e. The van der Waals surface area contributed by atoms with Gasteiger partial charge in [0.1, 0.15) is 5.82 Å². The molecule has 0 saturated carbocycles. The molecular weight excluding hydrogens is 1400 g/mol. The van der Waals surface area contributed by atoms with E-state index in [1.807, 2.05) is 48.5 Å². The minimum Gasteiger partial charge on any atom is -0.292 e. The molecule has 2 unspecified atom stereocenters. The number of benzene rings is 16. The van der Waals surface area contributed by atoms with Crippen LogP contribution < -0.4 is 0 Å². The molecule has 9 heteroatoms. The zero-order valence-corrected chi connectivity index (χ0v) is 61.4. The van der Waals surface area contributed by atoms with E-state index >= 15 is 0 Å². The van der Waals surface area contributed by atoms with E-state index in [2.05, 4.69) is 264 Å². The monoisotopic (exact) mass is 1470 g/mol. The Labute approximate surface area is 664 Å². The van der Waals surface area contributed by atoms with Crippen molar-refractivity contribution in [2.75, 3.05) is 0 Å². The lowest BCUT2D eigenvalue weighted by Crippen LogP contribution is -2.29. The quantitative estimate of drug-likeness (QED) is 0.171. The van der Waals surface area contributed by atoms with Gasteiger partial charge in [-0.2, -0.15) is 0 Å². The maximum absolute atomic E-state index is 14.2. The second-order valence-corrected chi connectivity index (χ2v) is 32.0. The van der Waals surface area contributed by atoms with Gasteiger partial charge in [-0.3, -0.25) is 4.57 Å². The third kappa shape index (κ3) is 9.00. The maximum Gasteiger partial charge on any atom is 0.207 e. The van der Waals surface area contributed by atoms with E-state index in [9.17, 15) is 8.42 Å². The van der Waals surface area contributed by atoms with Gasteiger partial charge in [-0.1, -0.05) is 303 Å². The number of sulfone groups is 1. The van der Waals surface area contributed by atoms with Gasteiger partial charge >= 0.3 is 0 Å². The first-order chi connectivity index (χ1) is 59.0. The summed E-state index contributed by atoms with van der Waals surface area (Å²) in [5.74, 6) is 0.469. The van der Waals surface area contributed by atoms with Crippen molar-refractivity contribution in [3.63, 3.8) is 0 Å². The van der Waals surface area contributed by atoms with Crippen LogP contribution in [0.2, 0.25) is 0 Å². The first kappa shape index (κ1) is 55.6. The molecule has 0 saturated heterocycles. The van der Waals surface area contributed by atoms with Crippen molar-refractivity contribution in [3.05, 3.63) is 414 Å². The highest BCUT2D eigenvalue weighted by Gasteiger charge is 2.54. The molecule has 4 aliphatic carbocycles. The average Bonchev–Trinajstić information content (AvgIpc) is 1.51. The Morgan fingerprint density at radius 1 is 0.339 bits per heavy atom. The summed E-state index contributed by atoms with van der Waals surface area (Å²) in [6.45, 7) is 1.52. The fourth-order valence-electron chi connectivity index (χ4n) is 19.0. The molecule has 24 rings (SSSR count). The molecule has 7 nitrogen and oxygen atoms in total. The van der Waals surface area contributed by atoms with Crippen LogP contribution in [-0.4, -0.2) is 32.9 Å². The van der Waals surface area contributed by atoms with Crippen LogP contribution in [0.1, 0.15) is 62.4 Å². The van der Waals surface area contributed by atoms with Crippen molar-refractivity contribution in [2.45, 2.75) is 27.5 Å². The van der Waals surface area contributed by atoms with E-state index < -0.39 is 63.0 Å². The van der Waals surface area contributed by atoms with E-state index in [1.54, 1.807) is 17.4 Å². The van der Waals surface area contributed by atoms with E-state index in [-0.39, 0.29) is 46.2 Å². The molecule has 0 fully saturated rings. The predicted molar refractivity (Wildman–Crippen MR) is 455 cm³/mol. The lowest BCUT2D eigenvalue weighted by Gasteiger charge is -2.35. The Hall–Kier alpha value is -13.8. The lowest BCUT2D eigenvalue weighted by molar-refractivity contribution is 0.598. The number of aromatic nitrogens is 5. The molecule has 0 radical (unpaired) electrons. The molecule has 3 aromatic heterocycles. The van der Waals surface area contributed by atoms with Gasteiger partial charge < -0.3 is 0 Å². The fraction of sp³-hybridized carbons (Fsp3) is 0.0291. The van der Waals surface area contributed by atoms with Crippen LogP contribution in [0.4, 0.5) is 0 Å². The Morgan fingerprint density at radius 3 is 1.48 bits per heavy atom. The SMILES string of the molecule is O=S1(=O)c2ccccc2-c2c1ccc1c2-c2ccccc2C12c1ccccc1-c1ccccc1-c1ccc(-c3nc4ccccc4n3-c3ccccc3)cc12.[2H]c1c([2H])c([2H])c(-c2nc(-c3ccc4c(c3)C3(c5ccccc5-c5ccccc5-4)c4ccccc4-c4c3ccc3sc5ccccc5c43)nc(-c3c([2H])c([2H])c([2H])c(C)c3[2H])n2)c([2H])c1[2H]. The molecule has 524 valence electrons. The van der Waals surface area contributed by atoms with Crippen LogP contribution >= 0.6 is 11.3 Å². The highest BCUT2D eigenvalue weighted by molar-refractivity contribution is 7.92. The summed E-state index contributed by atoms with van der Waals surface area (Å²) in [4.78, 5) is 20.5. The van der Waals surface area contributed by atoms with Crippen LogP contribution in [0.3, 0.4) is 0 Å². The number of imidazole rings is 1.